The van der Waals surface area contributed by atoms with Crippen LogP contribution in [-0.2, 0) is 20.9 Å². The molecule has 0 saturated heterocycles. The van der Waals surface area contributed by atoms with Crippen LogP contribution in [0.25, 0.3) is 0 Å². The summed E-state index contributed by atoms with van der Waals surface area (Å²) in [5.74, 6) is 0.273. The Morgan fingerprint density at radius 3 is 2.29 bits per heavy atom. The van der Waals surface area contributed by atoms with E-state index in [-0.39, 0.29) is 11.5 Å². The van der Waals surface area contributed by atoms with Crippen molar-refractivity contribution in [3.05, 3.63) is 24.3 Å². The van der Waals surface area contributed by atoms with Gasteiger partial charge in [0.1, 0.15) is 0 Å². The summed E-state index contributed by atoms with van der Waals surface area (Å²) >= 11 is 4.98. The molecule has 0 atom stereocenters. The van der Waals surface area contributed by atoms with Crippen LogP contribution in [0.2, 0.25) is 0 Å². The smallest absolute Gasteiger partial charge is 0.380 e. The van der Waals surface area contributed by atoms with Crippen molar-refractivity contribution in [2.24, 2.45) is 0 Å². The maximum atomic E-state index is 9.40. The Morgan fingerprint density at radius 2 is 1.79 bits per heavy atom. The molecule has 6 heteroatoms. The number of hydrogen-bond donors (Lipinski definition) is 1. The highest BCUT2D eigenvalue weighted by molar-refractivity contribution is 8.07. The third-order valence-electron chi connectivity index (χ3n) is 1.52. The van der Waals surface area contributed by atoms with E-state index in [2.05, 4.69) is 0 Å². The van der Waals surface area contributed by atoms with E-state index in [1.807, 2.05) is 0 Å². The standard InChI is InChI=1S/C8H11O4PS/c1-10-13(14,11-2)12-8-6-4-3-5-7(8)9/h3-6,9H,1-2H3. The van der Waals surface area contributed by atoms with Gasteiger partial charge in [-0.05, 0) is 12.1 Å². The zero-order valence-electron chi connectivity index (χ0n) is 7.84. The molecular formula is C8H11O4PS. The van der Waals surface area contributed by atoms with Crippen LogP contribution in [0.4, 0.5) is 0 Å². The molecule has 4 nitrogen and oxygen atoms in total. The van der Waals surface area contributed by atoms with E-state index in [0.29, 0.717) is 0 Å². The van der Waals surface area contributed by atoms with Gasteiger partial charge in [0.2, 0.25) is 0 Å². The lowest BCUT2D eigenvalue weighted by molar-refractivity contribution is 0.269. The topological polar surface area (TPSA) is 47.9 Å². The van der Waals surface area contributed by atoms with Gasteiger partial charge in [0.05, 0.1) is 0 Å². The van der Waals surface area contributed by atoms with Gasteiger partial charge in [0.15, 0.2) is 11.5 Å². The molecule has 0 aliphatic heterocycles. The quantitative estimate of drug-likeness (QED) is 0.810. The zero-order valence-corrected chi connectivity index (χ0v) is 9.55. The average Bonchev–Trinajstić information content (AvgIpc) is 2.21. The van der Waals surface area contributed by atoms with Gasteiger partial charge in [0, 0.05) is 26.0 Å². The minimum Gasteiger partial charge on any atom is -0.504 e. The molecule has 0 aliphatic carbocycles. The van der Waals surface area contributed by atoms with Gasteiger partial charge >= 0.3 is 6.72 Å². The van der Waals surface area contributed by atoms with E-state index < -0.39 is 6.72 Å². The number of hydrogen-bond acceptors (Lipinski definition) is 5. The minimum atomic E-state index is -2.76. The SMILES string of the molecule is COP(=S)(OC)Oc1ccccc1O. The van der Waals surface area contributed by atoms with Crippen molar-refractivity contribution in [1.29, 1.82) is 0 Å². The lowest BCUT2D eigenvalue weighted by Gasteiger charge is -2.18. The summed E-state index contributed by atoms with van der Waals surface area (Å²) < 4.78 is 15.1. The normalized spacial score (nSPS) is 11.3. The fourth-order valence-corrected chi connectivity index (χ4v) is 1.74. The molecule has 78 valence electrons. The fraction of sp³-hybridized carbons (Fsp3) is 0.250. The molecule has 1 aromatic carbocycles. The number of phenolic OH excluding ortho intramolecular Hbond substituents is 1. The first-order valence-electron chi connectivity index (χ1n) is 3.80. The first-order chi connectivity index (χ1) is 6.61. The van der Waals surface area contributed by atoms with Gasteiger partial charge in [-0.2, -0.15) is 0 Å². The molecule has 0 bridgehead atoms. The molecule has 0 aromatic heterocycles. The molecule has 0 aliphatic rings. The van der Waals surface area contributed by atoms with E-state index in [4.69, 9.17) is 25.4 Å². The first-order valence-corrected chi connectivity index (χ1v) is 6.36. The molecule has 0 unspecified atom stereocenters. The Morgan fingerprint density at radius 1 is 1.21 bits per heavy atom. The van der Waals surface area contributed by atoms with Gasteiger partial charge in [-0.25, -0.2) is 0 Å². The number of aromatic hydroxyl groups is 1. The molecule has 0 spiro atoms. The van der Waals surface area contributed by atoms with Crippen LogP contribution in [0.3, 0.4) is 0 Å². The van der Waals surface area contributed by atoms with Crippen molar-refractivity contribution in [2.45, 2.75) is 0 Å². The van der Waals surface area contributed by atoms with Crippen LogP contribution in [0.15, 0.2) is 24.3 Å². The van der Waals surface area contributed by atoms with Gasteiger partial charge in [-0.3, -0.25) is 0 Å². The number of phenols is 1. The molecule has 0 fully saturated rings. The third-order valence-corrected chi connectivity index (χ3v) is 3.96. The Bertz CT molecular complexity index is 347. The Kier molecular flexibility index (Phi) is 3.89. The van der Waals surface area contributed by atoms with Gasteiger partial charge < -0.3 is 18.7 Å². The summed E-state index contributed by atoms with van der Waals surface area (Å²) in [7, 11) is 2.81. The van der Waals surface area contributed by atoms with E-state index in [0.717, 1.165) is 0 Å². The van der Waals surface area contributed by atoms with Crippen LogP contribution >= 0.6 is 6.72 Å². The molecule has 14 heavy (non-hydrogen) atoms. The van der Waals surface area contributed by atoms with Crippen LogP contribution in [0, 0.1) is 0 Å². The zero-order chi connectivity index (χ0) is 10.6. The maximum Gasteiger partial charge on any atom is 0.380 e. The Labute approximate surface area is 87.7 Å². The highest BCUT2D eigenvalue weighted by Gasteiger charge is 2.19. The average molecular weight is 234 g/mol. The van der Waals surface area contributed by atoms with E-state index in [1.165, 1.54) is 20.3 Å². The largest absolute Gasteiger partial charge is 0.504 e. The number of rotatable bonds is 4. The lowest BCUT2D eigenvalue weighted by atomic mass is 10.3. The second-order valence-electron chi connectivity index (χ2n) is 2.37. The summed E-state index contributed by atoms with van der Waals surface area (Å²) in [5.41, 5.74) is 0. The summed E-state index contributed by atoms with van der Waals surface area (Å²) in [4.78, 5) is 0. The van der Waals surface area contributed by atoms with Gasteiger partial charge in [-0.1, -0.05) is 12.1 Å². The van der Waals surface area contributed by atoms with Crippen LogP contribution in [-0.4, -0.2) is 19.3 Å². The molecule has 1 N–H and O–H groups in total. The van der Waals surface area contributed by atoms with Crippen LogP contribution < -0.4 is 4.52 Å². The summed E-state index contributed by atoms with van der Waals surface area (Å²) in [6.45, 7) is -2.76. The monoisotopic (exact) mass is 234 g/mol. The fourth-order valence-electron chi connectivity index (χ4n) is 0.804. The van der Waals surface area contributed by atoms with Crippen molar-refractivity contribution in [1.82, 2.24) is 0 Å². The van der Waals surface area contributed by atoms with E-state index in [1.54, 1.807) is 18.2 Å². The van der Waals surface area contributed by atoms with E-state index in [9.17, 15) is 5.11 Å². The van der Waals surface area contributed by atoms with Crippen molar-refractivity contribution in [2.75, 3.05) is 14.2 Å². The van der Waals surface area contributed by atoms with Crippen molar-refractivity contribution >= 4 is 18.5 Å². The molecule has 0 amide bonds. The molecule has 0 saturated carbocycles. The predicted molar refractivity (Wildman–Crippen MR) is 57.0 cm³/mol. The summed E-state index contributed by atoms with van der Waals surface area (Å²) in [6, 6.07) is 6.50. The highest BCUT2D eigenvalue weighted by atomic mass is 32.5. The van der Waals surface area contributed by atoms with Crippen molar-refractivity contribution < 1.29 is 18.7 Å². The molecule has 1 aromatic rings. The maximum absolute atomic E-state index is 9.40. The second-order valence-corrected chi connectivity index (χ2v) is 5.52. The number of benzene rings is 1. The second kappa shape index (κ2) is 4.75. The van der Waals surface area contributed by atoms with Crippen LogP contribution in [0.1, 0.15) is 0 Å². The Hall–Kier alpha value is -0.610. The predicted octanol–water partition coefficient (Wildman–Crippen LogP) is 2.29. The van der Waals surface area contributed by atoms with E-state index >= 15 is 0 Å². The molecule has 0 heterocycles. The molecule has 0 radical (unpaired) electrons. The van der Waals surface area contributed by atoms with Crippen molar-refractivity contribution in [3.63, 3.8) is 0 Å². The molecular weight excluding hydrogens is 223 g/mol. The third kappa shape index (κ3) is 2.69. The first kappa shape index (κ1) is 11.5. The lowest BCUT2D eigenvalue weighted by Crippen LogP contribution is -1.96. The Balaban J connectivity index is 2.88. The summed E-state index contributed by atoms with van der Waals surface area (Å²) in [5, 5.41) is 9.40. The van der Waals surface area contributed by atoms with Crippen LogP contribution in [0.5, 0.6) is 11.5 Å². The molecule has 1 rings (SSSR count). The highest BCUT2D eigenvalue weighted by Crippen LogP contribution is 2.49. The van der Waals surface area contributed by atoms with Gasteiger partial charge in [-0.15, -0.1) is 0 Å². The summed E-state index contributed by atoms with van der Waals surface area (Å²) in [6.07, 6.45) is 0. The minimum absolute atomic E-state index is 0.0100. The van der Waals surface area contributed by atoms with Crippen molar-refractivity contribution in [3.8, 4) is 11.5 Å². The number of para-hydroxylation sites is 2. The van der Waals surface area contributed by atoms with Gasteiger partial charge in [0.25, 0.3) is 0 Å².